The first-order chi connectivity index (χ1) is 8.13. The highest BCUT2D eigenvalue weighted by Crippen LogP contribution is 2.32. The van der Waals surface area contributed by atoms with E-state index in [-0.39, 0.29) is 5.75 Å². The SMILES string of the molecule is CCc1c(-c2ccc(O)cc2)cnc(N)c1Br. The standard InChI is InChI=1S/C13H13BrN2O/c1-2-10-11(7-16-13(15)12(10)14)8-3-5-9(17)6-4-8/h3-7,17H,2H2,1H3,(H2,15,16). The molecule has 1 aromatic heterocycles. The highest BCUT2D eigenvalue weighted by molar-refractivity contribution is 9.10. The molecule has 0 unspecified atom stereocenters. The lowest BCUT2D eigenvalue weighted by atomic mass is 10.0. The van der Waals surface area contributed by atoms with Gasteiger partial charge in [0.15, 0.2) is 0 Å². The first kappa shape index (κ1) is 11.9. The normalized spacial score (nSPS) is 10.5. The number of nitrogen functional groups attached to an aromatic ring is 1. The molecule has 3 nitrogen and oxygen atoms in total. The number of nitrogens with zero attached hydrogens (tertiary/aromatic N) is 1. The number of pyridine rings is 1. The molecule has 0 amide bonds. The predicted octanol–water partition coefficient (Wildman–Crippen LogP) is 3.36. The van der Waals surface area contributed by atoms with Crippen molar-refractivity contribution in [3.05, 3.63) is 40.5 Å². The second-order valence-electron chi connectivity index (χ2n) is 3.75. The van der Waals surface area contributed by atoms with Gasteiger partial charge in [-0.1, -0.05) is 19.1 Å². The van der Waals surface area contributed by atoms with Crippen LogP contribution in [0.4, 0.5) is 5.82 Å². The first-order valence-corrected chi connectivity index (χ1v) is 6.15. The van der Waals surface area contributed by atoms with Gasteiger partial charge in [0.05, 0.1) is 4.47 Å². The molecule has 17 heavy (non-hydrogen) atoms. The minimum atomic E-state index is 0.259. The van der Waals surface area contributed by atoms with Crippen molar-refractivity contribution in [2.45, 2.75) is 13.3 Å². The smallest absolute Gasteiger partial charge is 0.137 e. The third-order valence-corrected chi connectivity index (χ3v) is 3.56. The minimum absolute atomic E-state index is 0.259. The van der Waals surface area contributed by atoms with Crippen LogP contribution in [-0.2, 0) is 6.42 Å². The fourth-order valence-corrected chi connectivity index (χ4v) is 2.37. The van der Waals surface area contributed by atoms with Crippen LogP contribution >= 0.6 is 15.9 Å². The maximum absolute atomic E-state index is 9.28. The topological polar surface area (TPSA) is 59.1 Å². The first-order valence-electron chi connectivity index (χ1n) is 5.35. The molecule has 3 N–H and O–H groups in total. The van der Waals surface area contributed by atoms with Crippen molar-refractivity contribution in [2.75, 3.05) is 5.73 Å². The molecule has 4 heteroatoms. The van der Waals surface area contributed by atoms with Crippen LogP contribution in [0.3, 0.4) is 0 Å². The van der Waals surface area contributed by atoms with Gasteiger partial charge in [-0.3, -0.25) is 0 Å². The summed E-state index contributed by atoms with van der Waals surface area (Å²) >= 11 is 3.47. The van der Waals surface area contributed by atoms with Crippen molar-refractivity contribution >= 4 is 21.7 Å². The molecule has 0 radical (unpaired) electrons. The van der Waals surface area contributed by atoms with Crippen LogP contribution in [-0.4, -0.2) is 10.1 Å². The van der Waals surface area contributed by atoms with Crippen molar-refractivity contribution in [1.29, 1.82) is 0 Å². The average Bonchev–Trinajstić information content (AvgIpc) is 2.34. The van der Waals surface area contributed by atoms with Gasteiger partial charge in [-0.05, 0) is 45.6 Å². The Labute approximate surface area is 108 Å². The molecule has 0 aliphatic carbocycles. The number of nitrogens with two attached hydrogens (primary N) is 1. The van der Waals surface area contributed by atoms with E-state index in [1.165, 1.54) is 0 Å². The lowest BCUT2D eigenvalue weighted by molar-refractivity contribution is 0.475. The molecular weight excluding hydrogens is 280 g/mol. The summed E-state index contributed by atoms with van der Waals surface area (Å²) in [4.78, 5) is 4.15. The van der Waals surface area contributed by atoms with Crippen molar-refractivity contribution in [1.82, 2.24) is 4.98 Å². The zero-order chi connectivity index (χ0) is 12.4. The zero-order valence-corrected chi connectivity index (χ0v) is 11.0. The number of aromatic hydroxyl groups is 1. The number of aromatic nitrogens is 1. The molecule has 0 saturated heterocycles. The number of hydrogen-bond donors (Lipinski definition) is 2. The van der Waals surface area contributed by atoms with E-state index in [2.05, 4.69) is 27.8 Å². The van der Waals surface area contributed by atoms with Gasteiger partial charge >= 0.3 is 0 Å². The molecule has 0 spiro atoms. The summed E-state index contributed by atoms with van der Waals surface area (Å²) in [5.41, 5.74) is 8.95. The Morgan fingerprint density at radius 1 is 1.29 bits per heavy atom. The van der Waals surface area contributed by atoms with Gasteiger partial charge in [0.1, 0.15) is 11.6 Å². The van der Waals surface area contributed by atoms with Crippen molar-refractivity contribution < 1.29 is 5.11 Å². The van der Waals surface area contributed by atoms with E-state index in [4.69, 9.17) is 5.73 Å². The van der Waals surface area contributed by atoms with Crippen molar-refractivity contribution in [3.63, 3.8) is 0 Å². The maximum atomic E-state index is 9.28. The number of rotatable bonds is 2. The number of anilines is 1. The summed E-state index contributed by atoms with van der Waals surface area (Å²) in [5.74, 6) is 0.763. The van der Waals surface area contributed by atoms with Crippen LogP contribution in [0.1, 0.15) is 12.5 Å². The van der Waals surface area contributed by atoms with E-state index in [9.17, 15) is 5.11 Å². The average molecular weight is 293 g/mol. The van der Waals surface area contributed by atoms with E-state index < -0.39 is 0 Å². The van der Waals surface area contributed by atoms with E-state index >= 15 is 0 Å². The summed E-state index contributed by atoms with van der Waals surface area (Å²) in [7, 11) is 0. The molecule has 2 aromatic rings. The number of phenols is 1. The van der Waals surface area contributed by atoms with Gasteiger partial charge < -0.3 is 10.8 Å². The molecular formula is C13H13BrN2O. The van der Waals surface area contributed by atoms with Gasteiger partial charge in [0.25, 0.3) is 0 Å². The van der Waals surface area contributed by atoms with Gasteiger partial charge in [-0.25, -0.2) is 4.98 Å². The van der Waals surface area contributed by atoms with Crippen molar-refractivity contribution in [3.8, 4) is 16.9 Å². The quantitative estimate of drug-likeness (QED) is 0.892. The third kappa shape index (κ3) is 2.26. The molecule has 2 rings (SSSR count). The molecule has 0 aliphatic heterocycles. The fourth-order valence-electron chi connectivity index (χ4n) is 1.78. The molecule has 88 valence electrons. The molecule has 0 atom stereocenters. The summed E-state index contributed by atoms with van der Waals surface area (Å²) in [5, 5.41) is 9.28. The highest BCUT2D eigenvalue weighted by atomic mass is 79.9. The van der Waals surface area contributed by atoms with Crippen LogP contribution in [0, 0.1) is 0 Å². The fraction of sp³-hybridized carbons (Fsp3) is 0.154. The molecule has 0 bridgehead atoms. The zero-order valence-electron chi connectivity index (χ0n) is 9.44. The minimum Gasteiger partial charge on any atom is -0.508 e. The van der Waals surface area contributed by atoms with Crippen LogP contribution < -0.4 is 5.73 Å². The Morgan fingerprint density at radius 3 is 2.53 bits per heavy atom. The Kier molecular flexibility index (Phi) is 3.33. The largest absolute Gasteiger partial charge is 0.508 e. The summed E-state index contributed by atoms with van der Waals surface area (Å²) in [6.45, 7) is 2.07. The Balaban J connectivity index is 2.59. The van der Waals surface area contributed by atoms with Crippen LogP contribution in [0.2, 0.25) is 0 Å². The van der Waals surface area contributed by atoms with Gasteiger partial charge in [0.2, 0.25) is 0 Å². The molecule has 1 heterocycles. The lowest BCUT2D eigenvalue weighted by Crippen LogP contribution is -1.98. The summed E-state index contributed by atoms with van der Waals surface area (Å²) < 4.78 is 0.852. The van der Waals surface area contributed by atoms with Gasteiger partial charge in [-0.15, -0.1) is 0 Å². The van der Waals surface area contributed by atoms with Crippen LogP contribution in [0.5, 0.6) is 5.75 Å². The van der Waals surface area contributed by atoms with E-state index in [0.717, 1.165) is 27.6 Å². The number of hydrogen-bond acceptors (Lipinski definition) is 3. The van der Waals surface area contributed by atoms with Crippen molar-refractivity contribution in [2.24, 2.45) is 0 Å². The Morgan fingerprint density at radius 2 is 1.94 bits per heavy atom. The van der Waals surface area contributed by atoms with E-state index in [1.54, 1.807) is 18.3 Å². The van der Waals surface area contributed by atoms with E-state index in [0.29, 0.717) is 5.82 Å². The Hall–Kier alpha value is -1.55. The van der Waals surface area contributed by atoms with Gasteiger partial charge in [-0.2, -0.15) is 0 Å². The number of benzene rings is 1. The molecule has 1 aromatic carbocycles. The van der Waals surface area contributed by atoms with E-state index in [1.807, 2.05) is 12.1 Å². The monoisotopic (exact) mass is 292 g/mol. The summed E-state index contributed by atoms with van der Waals surface area (Å²) in [6, 6.07) is 7.07. The molecule has 0 aliphatic rings. The summed E-state index contributed by atoms with van der Waals surface area (Å²) in [6.07, 6.45) is 2.63. The number of phenolic OH excluding ortho intramolecular Hbond substituents is 1. The maximum Gasteiger partial charge on any atom is 0.137 e. The third-order valence-electron chi connectivity index (χ3n) is 2.68. The van der Waals surface area contributed by atoms with Crippen LogP contribution in [0.15, 0.2) is 34.9 Å². The van der Waals surface area contributed by atoms with Gasteiger partial charge in [0, 0.05) is 11.8 Å². The lowest BCUT2D eigenvalue weighted by Gasteiger charge is -2.11. The number of halogens is 1. The molecule has 0 saturated carbocycles. The highest BCUT2D eigenvalue weighted by Gasteiger charge is 2.10. The second-order valence-corrected chi connectivity index (χ2v) is 4.54. The second kappa shape index (κ2) is 4.75. The predicted molar refractivity (Wildman–Crippen MR) is 72.8 cm³/mol. The Bertz CT molecular complexity index is 538. The molecule has 0 fully saturated rings. The van der Waals surface area contributed by atoms with Crippen LogP contribution in [0.25, 0.3) is 11.1 Å².